The molecule has 5 nitrogen and oxygen atoms in total. The Balaban J connectivity index is 2.02. The molecular weight excluding hydrogens is 302 g/mol. The van der Waals surface area contributed by atoms with Gasteiger partial charge in [0.25, 0.3) is 0 Å². The molecule has 0 saturated heterocycles. The van der Waals surface area contributed by atoms with Crippen molar-refractivity contribution in [1.82, 2.24) is 10.2 Å². The van der Waals surface area contributed by atoms with Gasteiger partial charge in [0.2, 0.25) is 11.8 Å². The van der Waals surface area contributed by atoms with Gasteiger partial charge in [0.1, 0.15) is 6.04 Å². The largest absolute Gasteiger partial charge is 0.368 e. The monoisotopic (exact) mass is 325 g/mol. The highest BCUT2D eigenvalue weighted by molar-refractivity contribution is 5.89. The third-order valence-corrected chi connectivity index (χ3v) is 4.02. The highest BCUT2D eigenvalue weighted by Gasteiger charge is 2.25. The van der Waals surface area contributed by atoms with Crippen LogP contribution in [0.5, 0.6) is 0 Å². The Kier molecular flexibility index (Phi) is 6.09. The molecule has 0 bridgehead atoms. The van der Waals surface area contributed by atoms with E-state index in [1.807, 2.05) is 60.5 Å². The molecule has 0 aromatic heterocycles. The summed E-state index contributed by atoms with van der Waals surface area (Å²) in [7, 11) is 1.87. The van der Waals surface area contributed by atoms with Crippen molar-refractivity contribution in [2.24, 2.45) is 5.73 Å². The maximum atomic E-state index is 12.5. The molecule has 0 aliphatic carbocycles. The number of amides is 2. The number of nitrogens with one attached hydrogen (secondary N) is 1. The minimum absolute atomic E-state index is 0.235. The summed E-state index contributed by atoms with van der Waals surface area (Å²) in [5.74, 6) is -0.812. The van der Waals surface area contributed by atoms with Crippen molar-refractivity contribution in [3.8, 4) is 0 Å². The Hall–Kier alpha value is -2.66. The molecule has 0 heterocycles. The van der Waals surface area contributed by atoms with Crippen LogP contribution in [-0.2, 0) is 16.1 Å². The molecule has 3 N–H and O–H groups in total. The summed E-state index contributed by atoms with van der Waals surface area (Å²) >= 11 is 0. The summed E-state index contributed by atoms with van der Waals surface area (Å²) in [5.41, 5.74) is 7.25. The fraction of sp³-hybridized carbons (Fsp3) is 0.263. The number of carbonyl (C=O) groups is 2. The molecule has 0 aliphatic heterocycles. The second-order valence-corrected chi connectivity index (χ2v) is 5.83. The molecule has 2 atom stereocenters. The lowest BCUT2D eigenvalue weighted by molar-refractivity contribution is -0.130. The standard InChI is InChI=1S/C19H23N3O2/c1-14(22(2)13-15-9-5-3-6-10-15)19(24)21-17(18(20)23)16-11-7-4-8-12-16/h3-12,14,17H,13H2,1-2H3,(H2,20,23)(H,21,24)/t14-,17+/m1/s1. The highest BCUT2D eigenvalue weighted by Crippen LogP contribution is 2.13. The molecular formula is C19H23N3O2. The smallest absolute Gasteiger partial charge is 0.244 e. The number of likely N-dealkylation sites (N-methyl/N-ethyl adjacent to an activating group) is 1. The van der Waals surface area contributed by atoms with Gasteiger partial charge in [0, 0.05) is 6.54 Å². The Labute approximate surface area is 142 Å². The van der Waals surface area contributed by atoms with E-state index in [1.165, 1.54) is 0 Å². The molecule has 2 amide bonds. The normalized spacial score (nSPS) is 13.3. The molecule has 0 aliphatic rings. The summed E-state index contributed by atoms with van der Waals surface area (Å²) in [6.45, 7) is 2.45. The number of rotatable bonds is 7. The Morgan fingerprint density at radius 3 is 2.12 bits per heavy atom. The van der Waals surface area contributed by atoms with Gasteiger partial charge in [-0.05, 0) is 25.1 Å². The summed E-state index contributed by atoms with van der Waals surface area (Å²) in [4.78, 5) is 26.1. The lowest BCUT2D eigenvalue weighted by Crippen LogP contribution is -2.47. The lowest BCUT2D eigenvalue weighted by Gasteiger charge is -2.26. The third kappa shape index (κ3) is 4.67. The zero-order valence-corrected chi connectivity index (χ0v) is 14.0. The Morgan fingerprint density at radius 2 is 1.58 bits per heavy atom. The topological polar surface area (TPSA) is 75.4 Å². The van der Waals surface area contributed by atoms with E-state index >= 15 is 0 Å². The fourth-order valence-corrected chi connectivity index (χ4v) is 2.44. The van der Waals surface area contributed by atoms with Gasteiger partial charge in [-0.1, -0.05) is 60.7 Å². The SMILES string of the molecule is C[C@H](C(=O)N[C@H](C(N)=O)c1ccccc1)N(C)Cc1ccccc1. The fourth-order valence-electron chi connectivity index (χ4n) is 2.44. The molecule has 0 radical (unpaired) electrons. The first-order chi connectivity index (χ1) is 11.5. The van der Waals surface area contributed by atoms with Crippen molar-refractivity contribution >= 4 is 11.8 Å². The van der Waals surface area contributed by atoms with E-state index in [1.54, 1.807) is 19.1 Å². The van der Waals surface area contributed by atoms with Crippen molar-refractivity contribution in [3.63, 3.8) is 0 Å². The van der Waals surface area contributed by atoms with Crippen LogP contribution in [0.1, 0.15) is 24.1 Å². The molecule has 0 spiro atoms. The van der Waals surface area contributed by atoms with Gasteiger partial charge in [0.15, 0.2) is 0 Å². The van der Waals surface area contributed by atoms with E-state index in [0.29, 0.717) is 12.1 Å². The van der Waals surface area contributed by atoms with Gasteiger partial charge in [-0.2, -0.15) is 0 Å². The number of nitrogens with zero attached hydrogens (tertiary/aromatic N) is 1. The van der Waals surface area contributed by atoms with Crippen LogP contribution in [0.25, 0.3) is 0 Å². The van der Waals surface area contributed by atoms with Crippen LogP contribution in [0, 0.1) is 0 Å². The van der Waals surface area contributed by atoms with Gasteiger partial charge in [-0.3, -0.25) is 14.5 Å². The van der Waals surface area contributed by atoms with Crippen LogP contribution in [0.4, 0.5) is 0 Å². The third-order valence-electron chi connectivity index (χ3n) is 4.02. The van der Waals surface area contributed by atoms with Crippen LogP contribution < -0.4 is 11.1 Å². The molecule has 2 aromatic rings. The molecule has 126 valence electrons. The molecule has 5 heteroatoms. The first-order valence-corrected chi connectivity index (χ1v) is 7.88. The minimum Gasteiger partial charge on any atom is -0.368 e. The first-order valence-electron chi connectivity index (χ1n) is 7.88. The van der Waals surface area contributed by atoms with Crippen molar-refractivity contribution in [3.05, 3.63) is 71.8 Å². The zero-order valence-electron chi connectivity index (χ0n) is 14.0. The highest BCUT2D eigenvalue weighted by atomic mass is 16.2. The number of carbonyl (C=O) groups excluding carboxylic acids is 2. The van der Waals surface area contributed by atoms with Gasteiger partial charge in [-0.15, -0.1) is 0 Å². The molecule has 2 aromatic carbocycles. The summed E-state index contributed by atoms with van der Waals surface area (Å²) in [6, 6.07) is 17.7. The molecule has 0 unspecified atom stereocenters. The van der Waals surface area contributed by atoms with Crippen LogP contribution in [0.15, 0.2) is 60.7 Å². The molecule has 0 fully saturated rings. The maximum absolute atomic E-state index is 12.5. The van der Waals surface area contributed by atoms with E-state index in [0.717, 1.165) is 5.56 Å². The summed E-state index contributed by atoms with van der Waals surface area (Å²) < 4.78 is 0. The van der Waals surface area contributed by atoms with Crippen molar-refractivity contribution in [2.75, 3.05) is 7.05 Å². The predicted molar refractivity (Wildman–Crippen MR) is 93.9 cm³/mol. The van der Waals surface area contributed by atoms with Crippen molar-refractivity contribution < 1.29 is 9.59 Å². The number of hydrogen-bond donors (Lipinski definition) is 2. The van der Waals surface area contributed by atoms with Gasteiger partial charge in [0.05, 0.1) is 6.04 Å². The van der Waals surface area contributed by atoms with E-state index in [4.69, 9.17) is 5.73 Å². The van der Waals surface area contributed by atoms with Crippen molar-refractivity contribution in [1.29, 1.82) is 0 Å². The summed E-state index contributed by atoms with van der Waals surface area (Å²) in [6.07, 6.45) is 0. The van der Waals surface area contributed by atoms with Crippen LogP contribution in [0.2, 0.25) is 0 Å². The predicted octanol–water partition coefficient (Wildman–Crippen LogP) is 1.85. The van der Waals surface area contributed by atoms with E-state index in [9.17, 15) is 9.59 Å². The van der Waals surface area contributed by atoms with E-state index in [-0.39, 0.29) is 5.91 Å². The number of nitrogens with two attached hydrogens (primary N) is 1. The van der Waals surface area contributed by atoms with Gasteiger partial charge in [-0.25, -0.2) is 0 Å². The average Bonchev–Trinajstić information content (AvgIpc) is 2.60. The van der Waals surface area contributed by atoms with Gasteiger partial charge < -0.3 is 11.1 Å². The minimum atomic E-state index is -0.828. The second kappa shape index (κ2) is 8.26. The van der Waals surface area contributed by atoms with E-state index < -0.39 is 18.0 Å². The van der Waals surface area contributed by atoms with E-state index in [2.05, 4.69) is 5.32 Å². The Morgan fingerprint density at radius 1 is 1.04 bits per heavy atom. The summed E-state index contributed by atoms with van der Waals surface area (Å²) in [5, 5.41) is 2.74. The maximum Gasteiger partial charge on any atom is 0.244 e. The molecule has 24 heavy (non-hydrogen) atoms. The number of hydrogen-bond acceptors (Lipinski definition) is 3. The molecule has 2 rings (SSSR count). The van der Waals surface area contributed by atoms with Crippen molar-refractivity contribution in [2.45, 2.75) is 25.6 Å². The second-order valence-electron chi connectivity index (χ2n) is 5.83. The Bertz CT molecular complexity index is 674. The average molecular weight is 325 g/mol. The first kappa shape index (κ1) is 17.7. The molecule has 0 saturated carbocycles. The number of benzene rings is 2. The lowest BCUT2D eigenvalue weighted by atomic mass is 10.1. The van der Waals surface area contributed by atoms with Crippen LogP contribution >= 0.6 is 0 Å². The number of primary amides is 1. The quantitative estimate of drug-likeness (QED) is 0.816. The van der Waals surface area contributed by atoms with Crippen LogP contribution in [-0.4, -0.2) is 29.8 Å². The van der Waals surface area contributed by atoms with Crippen LogP contribution in [0.3, 0.4) is 0 Å². The van der Waals surface area contributed by atoms with Gasteiger partial charge >= 0.3 is 0 Å². The zero-order chi connectivity index (χ0) is 17.5.